The number of hydrogen-bond donors (Lipinski definition) is 1. The second-order valence-electron chi connectivity index (χ2n) is 9.81. The summed E-state index contributed by atoms with van der Waals surface area (Å²) < 4.78 is 30.2. The summed E-state index contributed by atoms with van der Waals surface area (Å²) in [4.78, 5) is 9.89. The van der Waals surface area contributed by atoms with Crippen molar-refractivity contribution in [2.45, 2.75) is 42.3 Å². The number of nitriles is 1. The van der Waals surface area contributed by atoms with E-state index in [1.165, 1.54) is 5.56 Å². The SMILES string of the molecule is N#Cc1ccc2c(c1)CN(S(=O)(=O)c1ccccc1)C(C1(c3ccccc3)CC1)CN2Cc1cnc[nH]1. The lowest BCUT2D eigenvalue weighted by atomic mass is 9.87. The van der Waals surface area contributed by atoms with Gasteiger partial charge in [-0.15, -0.1) is 0 Å². The maximum Gasteiger partial charge on any atom is 0.243 e. The molecule has 1 aromatic heterocycles. The average Bonchev–Trinajstić information content (AvgIpc) is 3.62. The van der Waals surface area contributed by atoms with Crippen molar-refractivity contribution < 1.29 is 8.42 Å². The van der Waals surface area contributed by atoms with E-state index in [9.17, 15) is 13.7 Å². The number of benzene rings is 3. The summed E-state index contributed by atoms with van der Waals surface area (Å²) in [6, 6.07) is 26.4. The maximum absolute atomic E-state index is 14.3. The number of aromatic nitrogens is 2. The molecule has 0 bridgehead atoms. The van der Waals surface area contributed by atoms with E-state index < -0.39 is 10.0 Å². The van der Waals surface area contributed by atoms with Crippen LogP contribution < -0.4 is 4.90 Å². The topological polar surface area (TPSA) is 93.1 Å². The Morgan fingerprint density at radius 2 is 1.76 bits per heavy atom. The minimum absolute atomic E-state index is 0.195. The fourth-order valence-corrected chi connectivity index (χ4v) is 7.33. The van der Waals surface area contributed by atoms with Crippen LogP contribution in [0.5, 0.6) is 0 Å². The molecule has 37 heavy (non-hydrogen) atoms. The number of sulfonamides is 1. The molecule has 1 aliphatic carbocycles. The molecule has 2 aliphatic rings. The molecule has 0 amide bonds. The molecule has 0 spiro atoms. The van der Waals surface area contributed by atoms with Gasteiger partial charge in [0.05, 0.1) is 41.1 Å². The molecule has 1 aliphatic heterocycles. The van der Waals surface area contributed by atoms with Crippen LogP contribution in [-0.2, 0) is 28.5 Å². The lowest BCUT2D eigenvalue weighted by molar-refractivity contribution is 0.267. The number of nitrogens with one attached hydrogen (secondary N) is 1. The maximum atomic E-state index is 14.3. The van der Waals surface area contributed by atoms with Crippen LogP contribution in [-0.4, -0.2) is 35.3 Å². The molecule has 7 nitrogen and oxygen atoms in total. The summed E-state index contributed by atoms with van der Waals surface area (Å²) in [6.45, 7) is 1.26. The van der Waals surface area contributed by atoms with Crippen molar-refractivity contribution in [3.8, 4) is 6.07 Å². The molecule has 1 atom stereocenters. The van der Waals surface area contributed by atoms with Crippen molar-refractivity contribution in [1.29, 1.82) is 5.26 Å². The van der Waals surface area contributed by atoms with E-state index in [0.717, 1.165) is 29.8 Å². The molecule has 8 heteroatoms. The van der Waals surface area contributed by atoms with Gasteiger partial charge in [0.1, 0.15) is 0 Å². The summed E-state index contributed by atoms with van der Waals surface area (Å²) in [5.41, 5.74) is 4.10. The van der Waals surface area contributed by atoms with Crippen molar-refractivity contribution in [2.24, 2.45) is 0 Å². The highest BCUT2D eigenvalue weighted by Gasteiger charge is 2.56. The molecule has 1 unspecified atom stereocenters. The lowest BCUT2D eigenvalue weighted by Gasteiger charge is -2.38. The molecule has 6 rings (SSSR count). The van der Waals surface area contributed by atoms with Crippen molar-refractivity contribution >= 4 is 15.7 Å². The number of fused-ring (bicyclic) bond motifs is 1. The number of hydrogen-bond acceptors (Lipinski definition) is 5. The van der Waals surface area contributed by atoms with Gasteiger partial charge in [-0.25, -0.2) is 13.4 Å². The number of aromatic amines is 1. The van der Waals surface area contributed by atoms with Gasteiger partial charge in [0.2, 0.25) is 10.0 Å². The Bertz CT molecular complexity index is 1540. The van der Waals surface area contributed by atoms with Gasteiger partial charge < -0.3 is 9.88 Å². The Hall–Kier alpha value is -3.93. The first-order valence-corrected chi connectivity index (χ1v) is 13.8. The van der Waals surface area contributed by atoms with E-state index in [0.29, 0.717) is 18.7 Å². The summed E-state index contributed by atoms with van der Waals surface area (Å²) in [6.07, 6.45) is 5.29. The molecule has 186 valence electrons. The van der Waals surface area contributed by atoms with Gasteiger partial charge in [-0.05, 0) is 54.3 Å². The van der Waals surface area contributed by atoms with Crippen molar-refractivity contribution in [2.75, 3.05) is 11.4 Å². The first-order valence-electron chi connectivity index (χ1n) is 12.4. The molecule has 3 aromatic carbocycles. The van der Waals surface area contributed by atoms with Crippen molar-refractivity contribution in [3.63, 3.8) is 0 Å². The predicted octanol–water partition coefficient (Wildman–Crippen LogP) is 4.59. The monoisotopic (exact) mass is 509 g/mol. The summed E-state index contributed by atoms with van der Waals surface area (Å²) in [7, 11) is -3.83. The molecule has 4 aromatic rings. The van der Waals surface area contributed by atoms with Gasteiger partial charge in [0.25, 0.3) is 0 Å². The van der Waals surface area contributed by atoms with E-state index in [1.54, 1.807) is 47.2 Å². The van der Waals surface area contributed by atoms with Gasteiger partial charge >= 0.3 is 0 Å². The summed E-state index contributed by atoms with van der Waals surface area (Å²) >= 11 is 0. The zero-order chi connectivity index (χ0) is 25.5. The highest BCUT2D eigenvalue weighted by Crippen LogP contribution is 2.54. The fourth-order valence-electron chi connectivity index (χ4n) is 5.64. The molecule has 0 radical (unpaired) electrons. The van der Waals surface area contributed by atoms with Crippen LogP contribution in [0.3, 0.4) is 0 Å². The third-order valence-corrected chi connectivity index (χ3v) is 9.53. The Labute approximate surface area is 217 Å². The number of imidazole rings is 1. The van der Waals surface area contributed by atoms with Crippen LogP contribution >= 0.6 is 0 Å². The van der Waals surface area contributed by atoms with Gasteiger partial charge in [0, 0.05) is 30.4 Å². The average molecular weight is 510 g/mol. The van der Waals surface area contributed by atoms with E-state index >= 15 is 0 Å². The number of H-pyrrole nitrogens is 1. The highest BCUT2D eigenvalue weighted by molar-refractivity contribution is 7.89. The van der Waals surface area contributed by atoms with Crippen LogP contribution in [0, 0.1) is 11.3 Å². The van der Waals surface area contributed by atoms with Gasteiger partial charge in [-0.2, -0.15) is 9.57 Å². The molecule has 2 heterocycles. The Morgan fingerprint density at radius 1 is 1.03 bits per heavy atom. The predicted molar refractivity (Wildman–Crippen MR) is 141 cm³/mol. The highest BCUT2D eigenvalue weighted by atomic mass is 32.2. The minimum Gasteiger partial charge on any atom is -0.364 e. The smallest absolute Gasteiger partial charge is 0.243 e. The van der Waals surface area contributed by atoms with Crippen LogP contribution in [0.25, 0.3) is 0 Å². The standard InChI is InChI=1S/C29H27N5O2S/c30-16-22-11-12-27-23(15-22)18-34(37(35,36)26-9-5-2-6-10-26)28(20-33(27)19-25-17-31-21-32-25)29(13-14-29)24-7-3-1-4-8-24/h1-12,15,17,21,28H,13-14,18-20H2,(H,31,32). The zero-order valence-electron chi connectivity index (χ0n) is 20.3. The normalized spacial score (nSPS) is 19.0. The number of nitrogens with zero attached hydrogens (tertiary/aromatic N) is 4. The second kappa shape index (κ2) is 9.18. The molecular formula is C29H27N5O2S. The molecular weight excluding hydrogens is 482 g/mol. The van der Waals surface area contributed by atoms with Crippen LogP contribution in [0.4, 0.5) is 5.69 Å². The van der Waals surface area contributed by atoms with Gasteiger partial charge in [0.15, 0.2) is 0 Å². The van der Waals surface area contributed by atoms with Crippen LogP contribution in [0.2, 0.25) is 0 Å². The third kappa shape index (κ3) is 4.20. The van der Waals surface area contributed by atoms with E-state index in [4.69, 9.17) is 0 Å². The van der Waals surface area contributed by atoms with E-state index in [-0.39, 0.29) is 22.9 Å². The van der Waals surface area contributed by atoms with E-state index in [1.807, 2.05) is 36.4 Å². The van der Waals surface area contributed by atoms with Gasteiger partial charge in [-0.1, -0.05) is 48.5 Å². The molecule has 0 saturated heterocycles. The number of rotatable bonds is 6. The fraction of sp³-hybridized carbons (Fsp3) is 0.241. The number of anilines is 1. The second-order valence-corrected chi connectivity index (χ2v) is 11.7. The molecule has 1 fully saturated rings. The minimum atomic E-state index is -3.83. The van der Waals surface area contributed by atoms with Crippen LogP contribution in [0.15, 0.2) is 96.3 Å². The largest absolute Gasteiger partial charge is 0.364 e. The Morgan fingerprint density at radius 3 is 2.41 bits per heavy atom. The Kier molecular flexibility index (Phi) is 5.82. The zero-order valence-corrected chi connectivity index (χ0v) is 21.1. The molecule has 1 N–H and O–H groups in total. The molecule has 1 saturated carbocycles. The Balaban J connectivity index is 1.53. The lowest BCUT2D eigenvalue weighted by Crippen LogP contribution is -2.51. The van der Waals surface area contributed by atoms with E-state index in [2.05, 4.69) is 33.1 Å². The van der Waals surface area contributed by atoms with Crippen molar-refractivity contribution in [3.05, 3.63) is 114 Å². The quantitative estimate of drug-likeness (QED) is 0.410. The van der Waals surface area contributed by atoms with Gasteiger partial charge in [-0.3, -0.25) is 0 Å². The van der Waals surface area contributed by atoms with Crippen LogP contribution in [0.1, 0.15) is 35.2 Å². The summed E-state index contributed by atoms with van der Waals surface area (Å²) in [5, 5.41) is 9.62. The first-order chi connectivity index (χ1) is 18.0. The first kappa shape index (κ1) is 23.5. The summed E-state index contributed by atoms with van der Waals surface area (Å²) in [5.74, 6) is 0. The third-order valence-electron chi connectivity index (χ3n) is 7.66. The van der Waals surface area contributed by atoms with Crippen molar-refractivity contribution in [1.82, 2.24) is 14.3 Å².